The largest absolute Gasteiger partial charge is 0.493 e. The zero-order chi connectivity index (χ0) is 16.8. The lowest BCUT2D eigenvalue weighted by atomic mass is 10.1. The molecule has 2 aromatic carbocycles. The minimum Gasteiger partial charge on any atom is -0.493 e. The molecule has 0 atom stereocenters. The number of ether oxygens (including phenoxy) is 2. The second kappa shape index (κ2) is 9.30. The molecule has 0 aliphatic rings. The molecule has 1 N–H and O–H groups in total. The first-order valence-electron chi connectivity index (χ1n) is 8.06. The van der Waals surface area contributed by atoms with E-state index in [4.69, 9.17) is 14.0 Å². The van der Waals surface area contributed by atoms with E-state index in [-0.39, 0.29) is 12.4 Å². The lowest BCUT2D eigenvalue weighted by Crippen LogP contribution is -2.15. The molecule has 1 aromatic heterocycles. The molecule has 3 rings (SSSR count). The summed E-state index contributed by atoms with van der Waals surface area (Å²) in [6.45, 7) is 1.81. The Morgan fingerprint density at radius 1 is 1.04 bits per heavy atom. The van der Waals surface area contributed by atoms with Gasteiger partial charge < -0.3 is 19.3 Å². The zero-order valence-corrected chi connectivity index (χ0v) is 15.3. The molecule has 0 bridgehead atoms. The number of fused-ring (bicyclic) bond motifs is 1. The van der Waals surface area contributed by atoms with Crippen molar-refractivity contribution in [2.75, 3.05) is 20.8 Å². The summed E-state index contributed by atoms with van der Waals surface area (Å²) in [4.78, 5) is 0. The van der Waals surface area contributed by atoms with Crippen LogP contribution in [-0.2, 0) is 13.0 Å². The van der Waals surface area contributed by atoms with E-state index < -0.39 is 0 Å². The van der Waals surface area contributed by atoms with E-state index in [0.717, 1.165) is 42.6 Å². The number of methoxy groups -OCH3 is 2. The van der Waals surface area contributed by atoms with Gasteiger partial charge in [0, 0.05) is 18.0 Å². The van der Waals surface area contributed by atoms with Crippen molar-refractivity contribution >= 4 is 23.4 Å². The molecule has 0 fully saturated rings. The van der Waals surface area contributed by atoms with Crippen LogP contribution in [0.2, 0.25) is 0 Å². The second-order valence-corrected chi connectivity index (χ2v) is 5.60. The van der Waals surface area contributed by atoms with Gasteiger partial charge in [0.2, 0.25) is 0 Å². The van der Waals surface area contributed by atoms with Gasteiger partial charge in [-0.2, -0.15) is 0 Å². The van der Waals surface area contributed by atoms with Crippen molar-refractivity contribution in [3.63, 3.8) is 0 Å². The molecule has 0 spiro atoms. The van der Waals surface area contributed by atoms with Crippen molar-refractivity contribution in [3.05, 3.63) is 53.7 Å². The van der Waals surface area contributed by atoms with Crippen LogP contribution in [0, 0.1) is 0 Å². The fourth-order valence-corrected chi connectivity index (χ4v) is 2.70. The molecule has 0 radical (unpaired) electrons. The van der Waals surface area contributed by atoms with Crippen LogP contribution >= 0.6 is 12.4 Å². The van der Waals surface area contributed by atoms with Crippen molar-refractivity contribution in [1.82, 2.24) is 10.5 Å². The van der Waals surface area contributed by atoms with Crippen molar-refractivity contribution in [3.8, 4) is 11.5 Å². The summed E-state index contributed by atoms with van der Waals surface area (Å²) in [5, 5.41) is 8.62. The normalized spacial score (nSPS) is 10.5. The predicted molar refractivity (Wildman–Crippen MR) is 101 cm³/mol. The van der Waals surface area contributed by atoms with Gasteiger partial charge in [-0.05, 0) is 31.0 Å². The predicted octanol–water partition coefficient (Wildman–Crippen LogP) is 3.99. The van der Waals surface area contributed by atoms with E-state index in [1.165, 1.54) is 5.56 Å². The van der Waals surface area contributed by atoms with E-state index in [1.54, 1.807) is 14.2 Å². The number of rotatable bonds is 8. The molecule has 134 valence electrons. The van der Waals surface area contributed by atoms with Crippen molar-refractivity contribution in [1.29, 1.82) is 0 Å². The number of nitrogens with one attached hydrogen (secondary N) is 1. The SMILES string of the molecule is COc1cc2onc(CCCNCc3ccccc3)c2cc1OC.Cl. The van der Waals surface area contributed by atoms with Gasteiger partial charge in [0.25, 0.3) is 0 Å². The highest BCUT2D eigenvalue weighted by Gasteiger charge is 2.13. The second-order valence-electron chi connectivity index (χ2n) is 5.60. The molecule has 0 aliphatic carbocycles. The van der Waals surface area contributed by atoms with Gasteiger partial charge in [0.05, 0.1) is 19.9 Å². The number of hydrogen-bond donors (Lipinski definition) is 1. The lowest BCUT2D eigenvalue weighted by Gasteiger charge is -2.07. The van der Waals surface area contributed by atoms with E-state index in [0.29, 0.717) is 11.5 Å². The van der Waals surface area contributed by atoms with Crippen LogP contribution in [0.15, 0.2) is 47.0 Å². The molecule has 6 heteroatoms. The molecule has 0 aliphatic heterocycles. The Balaban J connectivity index is 0.00000225. The average molecular weight is 363 g/mol. The summed E-state index contributed by atoms with van der Waals surface area (Å²) >= 11 is 0. The van der Waals surface area contributed by atoms with Gasteiger partial charge in [-0.15, -0.1) is 12.4 Å². The van der Waals surface area contributed by atoms with Crippen molar-refractivity contribution < 1.29 is 14.0 Å². The van der Waals surface area contributed by atoms with Gasteiger partial charge >= 0.3 is 0 Å². The summed E-state index contributed by atoms with van der Waals surface area (Å²) in [5.74, 6) is 1.34. The number of hydrogen-bond acceptors (Lipinski definition) is 5. The Labute approximate surface area is 153 Å². The van der Waals surface area contributed by atoms with Gasteiger partial charge in [0.15, 0.2) is 17.1 Å². The minimum absolute atomic E-state index is 0. The van der Waals surface area contributed by atoms with Gasteiger partial charge in [-0.25, -0.2) is 0 Å². The summed E-state index contributed by atoms with van der Waals surface area (Å²) in [7, 11) is 3.24. The highest BCUT2D eigenvalue weighted by Crippen LogP contribution is 2.33. The third kappa shape index (κ3) is 4.65. The van der Waals surface area contributed by atoms with Crippen LogP contribution in [0.4, 0.5) is 0 Å². The fourth-order valence-electron chi connectivity index (χ4n) is 2.70. The summed E-state index contributed by atoms with van der Waals surface area (Å²) in [5.41, 5.74) is 2.97. The van der Waals surface area contributed by atoms with E-state index >= 15 is 0 Å². The summed E-state index contributed by atoms with van der Waals surface area (Å²) in [6, 6.07) is 14.1. The Morgan fingerprint density at radius 2 is 1.76 bits per heavy atom. The Kier molecular flexibility index (Phi) is 7.10. The van der Waals surface area contributed by atoms with E-state index in [2.05, 4.69) is 34.7 Å². The number of aromatic nitrogens is 1. The molecule has 1 heterocycles. The standard InChI is InChI=1S/C19H22N2O3.ClH/c1-22-18-11-15-16(21-24-17(15)12-19(18)23-2)9-6-10-20-13-14-7-4-3-5-8-14;/h3-5,7-8,11-12,20H,6,9-10,13H2,1-2H3;1H. The van der Waals surface area contributed by atoms with Crippen LogP contribution in [-0.4, -0.2) is 25.9 Å². The minimum atomic E-state index is 0. The highest BCUT2D eigenvalue weighted by atomic mass is 35.5. The highest BCUT2D eigenvalue weighted by molar-refractivity contribution is 5.85. The van der Waals surface area contributed by atoms with Gasteiger partial charge in [-0.1, -0.05) is 35.5 Å². The monoisotopic (exact) mass is 362 g/mol. The molecule has 0 saturated carbocycles. The molecular formula is C19H23ClN2O3. The molecule has 0 saturated heterocycles. The molecule has 5 nitrogen and oxygen atoms in total. The van der Waals surface area contributed by atoms with Crippen LogP contribution in [0.1, 0.15) is 17.7 Å². The summed E-state index contributed by atoms with van der Waals surface area (Å²) < 4.78 is 16.1. The lowest BCUT2D eigenvalue weighted by molar-refractivity contribution is 0.354. The van der Waals surface area contributed by atoms with Crippen molar-refractivity contribution in [2.45, 2.75) is 19.4 Å². The van der Waals surface area contributed by atoms with E-state index in [1.807, 2.05) is 18.2 Å². The first kappa shape index (κ1) is 19.1. The average Bonchev–Trinajstić information content (AvgIpc) is 3.03. The van der Waals surface area contributed by atoms with Crippen LogP contribution in [0.3, 0.4) is 0 Å². The Morgan fingerprint density at radius 3 is 2.48 bits per heavy atom. The molecule has 0 amide bonds. The van der Waals surface area contributed by atoms with E-state index in [9.17, 15) is 0 Å². The maximum atomic E-state index is 5.41. The summed E-state index contributed by atoms with van der Waals surface area (Å²) in [6.07, 6.45) is 1.84. The number of aryl methyl sites for hydroxylation is 1. The van der Waals surface area contributed by atoms with Crippen molar-refractivity contribution in [2.24, 2.45) is 0 Å². The number of benzene rings is 2. The van der Waals surface area contributed by atoms with Crippen LogP contribution in [0.25, 0.3) is 11.0 Å². The zero-order valence-electron chi connectivity index (χ0n) is 14.5. The van der Waals surface area contributed by atoms with Gasteiger partial charge in [-0.3, -0.25) is 0 Å². The molecule has 25 heavy (non-hydrogen) atoms. The fraction of sp³-hybridized carbons (Fsp3) is 0.316. The maximum absolute atomic E-state index is 5.41. The molecule has 3 aromatic rings. The maximum Gasteiger partial charge on any atom is 0.171 e. The number of nitrogens with zero attached hydrogens (tertiary/aromatic N) is 1. The Bertz CT molecular complexity index is 790. The molecular weight excluding hydrogens is 340 g/mol. The quantitative estimate of drug-likeness (QED) is 0.614. The Hall–Kier alpha value is -2.24. The first-order valence-corrected chi connectivity index (χ1v) is 8.06. The smallest absolute Gasteiger partial charge is 0.171 e. The third-order valence-corrected chi connectivity index (χ3v) is 3.99. The third-order valence-electron chi connectivity index (χ3n) is 3.99. The first-order chi connectivity index (χ1) is 11.8. The molecule has 0 unspecified atom stereocenters. The van der Waals surface area contributed by atoms with Crippen LogP contribution < -0.4 is 14.8 Å². The van der Waals surface area contributed by atoms with Crippen LogP contribution in [0.5, 0.6) is 11.5 Å². The number of halogens is 1. The van der Waals surface area contributed by atoms with Gasteiger partial charge in [0.1, 0.15) is 0 Å². The topological polar surface area (TPSA) is 56.5 Å².